The maximum atomic E-state index is 12.2. The summed E-state index contributed by atoms with van der Waals surface area (Å²) in [6.45, 7) is -0.0166. The topological polar surface area (TPSA) is 125 Å². The predicted molar refractivity (Wildman–Crippen MR) is 87.3 cm³/mol. The molecule has 0 atom stereocenters. The molecule has 7 heteroatoms. The van der Waals surface area contributed by atoms with E-state index in [-0.39, 0.29) is 19.1 Å². The molecular weight excluding hydrogens is 310 g/mol. The number of hydrogen-bond acceptors (Lipinski definition) is 4. The number of carbonyl (C=O) groups is 3. The molecule has 0 bridgehead atoms. The maximum absolute atomic E-state index is 12.2. The molecule has 124 valence electrons. The molecule has 0 heterocycles. The normalized spacial score (nSPS) is 10.0. The van der Waals surface area contributed by atoms with E-state index < -0.39 is 11.8 Å². The van der Waals surface area contributed by atoms with Crippen LogP contribution in [0, 0.1) is 0 Å². The summed E-state index contributed by atoms with van der Waals surface area (Å²) in [5.41, 5.74) is 11.7. The van der Waals surface area contributed by atoms with Gasteiger partial charge in [0.1, 0.15) is 5.75 Å². The number of amides is 3. The van der Waals surface area contributed by atoms with Gasteiger partial charge < -0.3 is 21.5 Å². The lowest BCUT2D eigenvalue weighted by Gasteiger charge is -2.08. The number of rotatable bonds is 7. The van der Waals surface area contributed by atoms with Crippen LogP contribution in [0.5, 0.6) is 5.75 Å². The predicted octanol–water partition coefficient (Wildman–Crippen LogP) is 0.580. The largest absolute Gasteiger partial charge is 0.484 e. The van der Waals surface area contributed by atoms with Crippen LogP contribution in [0.25, 0.3) is 0 Å². The number of carbonyl (C=O) groups excluding carboxylic acids is 3. The molecule has 0 aromatic heterocycles. The molecule has 0 saturated carbocycles. The van der Waals surface area contributed by atoms with Crippen LogP contribution >= 0.6 is 0 Å². The van der Waals surface area contributed by atoms with E-state index in [4.69, 9.17) is 16.2 Å². The lowest BCUT2D eigenvalue weighted by molar-refractivity contribution is -0.119. The van der Waals surface area contributed by atoms with Gasteiger partial charge in [0, 0.05) is 17.7 Å². The second-order valence-corrected chi connectivity index (χ2v) is 5.03. The van der Waals surface area contributed by atoms with Crippen molar-refractivity contribution in [3.05, 3.63) is 65.2 Å². The molecule has 0 spiro atoms. The quantitative estimate of drug-likeness (QED) is 0.688. The van der Waals surface area contributed by atoms with Gasteiger partial charge in [0.05, 0.1) is 0 Å². The standard InChI is InChI=1S/C17H17N3O4/c18-15(21)10-24-14-6-2-5-13(8-14)17(23)20-9-11-3-1-4-12(7-11)16(19)22/h1-8H,9-10H2,(H2,18,21)(H2,19,22)(H,20,23). The van der Waals surface area contributed by atoms with Gasteiger partial charge in [0.2, 0.25) is 5.91 Å². The Kier molecular flexibility index (Phi) is 5.51. The molecule has 0 fully saturated rings. The van der Waals surface area contributed by atoms with Crippen molar-refractivity contribution >= 4 is 17.7 Å². The summed E-state index contributed by atoms with van der Waals surface area (Å²) in [5, 5.41) is 2.74. The van der Waals surface area contributed by atoms with Crippen molar-refractivity contribution in [2.24, 2.45) is 11.5 Å². The van der Waals surface area contributed by atoms with Crippen molar-refractivity contribution in [1.82, 2.24) is 5.32 Å². The van der Waals surface area contributed by atoms with Crippen molar-refractivity contribution in [2.75, 3.05) is 6.61 Å². The summed E-state index contributed by atoms with van der Waals surface area (Å²) >= 11 is 0. The number of benzene rings is 2. The fourth-order valence-electron chi connectivity index (χ4n) is 2.00. The smallest absolute Gasteiger partial charge is 0.255 e. The van der Waals surface area contributed by atoms with Crippen LogP contribution in [0.4, 0.5) is 0 Å². The molecule has 3 amide bonds. The van der Waals surface area contributed by atoms with Gasteiger partial charge in [-0.25, -0.2) is 0 Å². The zero-order valence-corrected chi connectivity index (χ0v) is 12.8. The first-order valence-electron chi connectivity index (χ1n) is 7.14. The molecule has 0 unspecified atom stereocenters. The lowest BCUT2D eigenvalue weighted by atomic mass is 10.1. The molecule has 0 radical (unpaired) electrons. The first-order valence-corrected chi connectivity index (χ1v) is 7.14. The molecule has 0 aliphatic carbocycles. The van der Waals surface area contributed by atoms with E-state index in [1.54, 1.807) is 42.5 Å². The number of hydrogen-bond donors (Lipinski definition) is 3. The lowest BCUT2D eigenvalue weighted by Crippen LogP contribution is -2.23. The minimum atomic E-state index is -0.598. The molecule has 0 aliphatic rings. The molecule has 7 nitrogen and oxygen atoms in total. The second kappa shape index (κ2) is 7.77. The van der Waals surface area contributed by atoms with Crippen molar-refractivity contribution in [3.8, 4) is 5.75 Å². The van der Waals surface area contributed by atoms with E-state index in [1.807, 2.05) is 0 Å². The Balaban J connectivity index is 1.99. The summed E-state index contributed by atoms with van der Waals surface area (Å²) in [6, 6.07) is 13.1. The van der Waals surface area contributed by atoms with Crippen LogP contribution in [0.3, 0.4) is 0 Å². The maximum Gasteiger partial charge on any atom is 0.255 e. The molecule has 5 N–H and O–H groups in total. The highest BCUT2D eigenvalue weighted by Gasteiger charge is 2.08. The van der Waals surface area contributed by atoms with Crippen LogP contribution < -0.4 is 21.5 Å². The van der Waals surface area contributed by atoms with Gasteiger partial charge in [0.25, 0.3) is 11.8 Å². The zero-order chi connectivity index (χ0) is 17.5. The second-order valence-electron chi connectivity index (χ2n) is 5.03. The van der Waals surface area contributed by atoms with E-state index in [0.29, 0.717) is 16.9 Å². The van der Waals surface area contributed by atoms with E-state index in [2.05, 4.69) is 5.32 Å². The Bertz CT molecular complexity index is 774. The molecule has 24 heavy (non-hydrogen) atoms. The highest BCUT2D eigenvalue weighted by molar-refractivity contribution is 5.95. The average Bonchev–Trinajstić information content (AvgIpc) is 2.58. The van der Waals surface area contributed by atoms with Gasteiger partial charge >= 0.3 is 0 Å². The molecule has 2 aromatic rings. The third-order valence-corrected chi connectivity index (χ3v) is 3.14. The Morgan fingerprint density at radius 3 is 2.38 bits per heavy atom. The van der Waals surface area contributed by atoms with Crippen molar-refractivity contribution in [2.45, 2.75) is 6.54 Å². The van der Waals surface area contributed by atoms with Crippen LogP contribution in [-0.2, 0) is 11.3 Å². The van der Waals surface area contributed by atoms with Crippen LogP contribution in [0.2, 0.25) is 0 Å². The van der Waals surface area contributed by atoms with Crippen molar-refractivity contribution < 1.29 is 19.1 Å². The Labute approximate surface area is 138 Å². The van der Waals surface area contributed by atoms with Gasteiger partial charge in [-0.3, -0.25) is 14.4 Å². The Morgan fingerprint density at radius 2 is 1.67 bits per heavy atom. The summed E-state index contributed by atoms with van der Waals surface area (Å²) in [4.78, 5) is 34.0. The number of primary amides is 2. The molecular formula is C17H17N3O4. The number of ether oxygens (including phenoxy) is 1. The number of nitrogens with one attached hydrogen (secondary N) is 1. The van der Waals surface area contributed by atoms with E-state index in [9.17, 15) is 14.4 Å². The summed E-state index contributed by atoms with van der Waals surface area (Å²) in [5.74, 6) is -1.07. The monoisotopic (exact) mass is 327 g/mol. The first-order chi connectivity index (χ1) is 11.5. The summed E-state index contributed by atoms with van der Waals surface area (Å²) in [6.07, 6.45) is 0. The Morgan fingerprint density at radius 1 is 0.958 bits per heavy atom. The van der Waals surface area contributed by atoms with Crippen LogP contribution in [0.15, 0.2) is 48.5 Å². The number of nitrogens with two attached hydrogens (primary N) is 2. The molecule has 2 aromatic carbocycles. The van der Waals surface area contributed by atoms with Gasteiger partial charge in [0.15, 0.2) is 6.61 Å². The van der Waals surface area contributed by atoms with Crippen LogP contribution in [0.1, 0.15) is 26.3 Å². The molecule has 2 rings (SSSR count). The minimum absolute atomic E-state index is 0.242. The van der Waals surface area contributed by atoms with Gasteiger partial charge in [-0.05, 0) is 35.9 Å². The van der Waals surface area contributed by atoms with Crippen molar-refractivity contribution in [1.29, 1.82) is 0 Å². The Hall–Kier alpha value is -3.35. The zero-order valence-electron chi connectivity index (χ0n) is 12.8. The minimum Gasteiger partial charge on any atom is -0.484 e. The van der Waals surface area contributed by atoms with Crippen molar-refractivity contribution in [3.63, 3.8) is 0 Å². The highest BCUT2D eigenvalue weighted by atomic mass is 16.5. The van der Waals surface area contributed by atoms with Gasteiger partial charge in [-0.1, -0.05) is 18.2 Å². The highest BCUT2D eigenvalue weighted by Crippen LogP contribution is 2.13. The fourth-order valence-corrected chi connectivity index (χ4v) is 2.00. The fraction of sp³-hybridized carbons (Fsp3) is 0.118. The molecule has 0 saturated heterocycles. The van der Waals surface area contributed by atoms with Crippen LogP contribution in [-0.4, -0.2) is 24.3 Å². The third-order valence-electron chi connectivity index (χ3n) is 3.14. The third kappa shape index (κ3) is 4.84. The summed E-state index contributed by atoms with van der Waals surface area (Å²) < 4.78 is 5.16. The molecule has 0 aliphatic heterocycles. The average molecular weight is 327 g/mol. The van der Waals surface area contributed by atoms with E-state index in [0.717, 1.165) is 5.56 Å². The summed E-state index contributed by atoms with van der Waals surface area (Å²) in [7, 11) is 0. The van der Waals surface area contributed by atoms with Gasteiger partial charge in [-0.15, -0.1) is 0 Å². The van der Waals surface area contributed by atoms with E-state index in [1.165, 1.54) is 6.07 Å². The van der Waals surface area contributed by atoms with E-state index >= 15 is 0 Å². The first kappa shape index (κ1) is 17.0. The van der Waals surface area contributed by atoms with Gasteiger partial charge in [-0.2, -0.15) is 0 Å². The SMILES string of the molecule is NC(=O)COc1cccc(C(=O)NCc2cccc(C(N)=O)c2)c1.